The Kier molecular flexibility index (Phi) is 4.72. The van der Waals surface area contributed by atoms with Gasteiger partial charge < -0.3 is 5.73 Å². The van der Waals surface area contributed by atoms with Gasteiger partial charge in [0.2, 0.25) is 0 Å². The van der Waals surface area contributed by atoms with E-state index in [0.29, 0.717) is 12.8 Å². The van der Waals surface area contributed by atoms with Crippen LogP contribution in [0.2, 0.25) is 0 Å². The molecule has 0 spiro atoms. The molecule has 0 aliphatic rings. The van der Waals surface area contributed by atoms with Crippen molar-refractivity contribution in [1.82, 2.24) is 0 Å². The van der Waals surface area contributed by atoms with E-state index in [1.807, 2.05) is 24.3 Å². The number of rotatable bonds is 5. The van der Waals surface area contributed by atoms with Crippen molar-refractivity contribution in [3.05, 3.63) is 47.0 Å². The molecule has 0 saturated heterocycles. The summed E-state index contributed by atoms with van der Waals surface area (Å²) in [5.74, 6) is 0.0530. The number of Topliss-reactive ketones (excluding diaryl/α,β-unsaturated/α-hetero) is 1. The Labute approximate surface area is 98.3 Å². The number of nitrogens with two attached hydrogens (primary N) is 1. The number of hydrogen-bond acceptors (Lipinski definition) is 2. The summed E-state index contributed by atoms with van der Waals surface area (Å²) in [5, 5.41) is 0. The Morgan fingerprint density at radius 3 is 2.60 bits per heavy atom. The topological polar surface area (TPSA) is 43.1 Å². The zero-order valence-corrected chi connectivity index (χ0v) is 10.0. The maximum atomic E-state index is 11.6. The molecule has 0 saturated carbocycles. The SMILES string of the molecule is C=CCC(N)C(=O)Cc1ccc(Br)cc1. The molecule has 0 bridgehead atoms. The van der Waals surface area contributed by atoms with Crippen LogP contribution in [-0.2, 0) is 11.2 Å². The molecule has 0 aliphatic heterocycles. The van der Waals surface area contributed by atoms with E-state index in [9.17, 15) is 4.79 Å². The number of hydrogen-bond donors (Lipinski definition) is 1. The number of benzene rings is 1. The maximum absolute atomic E-state index is 11.6. The second-order valence-corrected chi connectivity index (χ2v) is 4.32. The molecule has 0 fully saturated rings. The molecule has 0 aliphatic carbocycles. The lowest BCUT2D eigenvalue weighted by Crippen LogP contribution is -2.31. The van der Waals surface area contributed by atoms with Gasteiger partial charge in [-0.1, -0.05) is 34.1 Å². The van der Waals surface area contributed by atoms with E-state index in [1.165, 1.54) is 0 Å². The second kappa shape index (κ2) is 5.83. The van der Waals surface area contributed by atoms with E-state index in [2.05, 4.69) is 22.5 Å². The van der Waals surface area contributed by atoms with Gasteiger partial charge in [0.25, 0.3) is 0 Å². The summed E-state index contributed by atoms with van der Waals surface area (Å²) in [7, 11) is 0. The minimum Gasteiger partial charge on any atom is -0.321 e. The molecule has 1 atom stereocenters. The minimum atomic E-state index is -0.425. The standard InChI is InChI=1S/C12H14BrNO/c1-2-3-11(14)12(15)8-9-4-6-10(13)7-5-9/h2,4-7,11H,1,3,8,14H2. The number of ketones is 1. The van der Waals surface area contributed by atoms with Gasteiger partial charge in [0.15, 0.2) is 5.78 Å². The van der Waals surface area contributed by atoms with Crippen LogP contribution in [0, 0.1) is 0 Å². The van der Waals surface area contributed by atoms with Gasteiger partial charge in [-0.3, -0.25) is 4.79 Å². The van der Waals surface area contributed by atoms with E-state index in [1.54, 1.807) is 6.08 Å². The first-order chi connectivity index (χ1) is 7.13. The Hall–Kier alpha value is -0.930. The van der Waals surface area contributed by atoms with Crippen LogP contribution in [-0.4, -0.2) is 11.8 Å². The first kappa shape index (κ1) is 12.1. The van der Waals surface area contributed by atoms with E-state index in [-0.39, 0.29) is 5.78 Å². The van der Waals surface area contributed by atoms with Crippen LogP contribution in [0.15, 0.2) is 41.4 Å². The fourth-order valence-corrected chi connectivity index (χ4v) is 1.51. The second-order valence-electron chi connectivity index (χ2n) is 3.40. The molecule has 0 aromatic heterocycles. The molecular formula is C12H14BrNO. The summed E-state index contributed by atoms with van der Waals surface area (Å²) in [5.41, 5.74) is 6.66. The van der Waals surface area contributed by atoms with Crippen molar-refractivity contribution in [2.45, 2.75) is 18.9 Å². The van der Waals surface area contributed by atoms with E-state index in [4.69, 9.17) is 5.73 Å². The summed E-state index contributed by atoms with van der Waals surface area (Å²) < 4.78 is 1.01. The van der Waals surface area contributed by atoms with Crippen molar-refractivity contribution in [2.24, 2.45) is 5.73 Å². The summed E-state index contributed by atoms with van der Waals surface area (Å²) >= 11 is 3.34. The Balaban J connectivity index is 2.58. The van der Waals surface area contributed by atoms with Crippen molar-refractivity contribution in [3.8, 4) is 0 Å². The molecule has 2 nitrogen and oxygen atoms in total. The highest BCUT2D eigenvalue weighted by Crippen LogP contribution is 2.11. The lowest BCUT2D eigenvalue weighted by atomic mass is 10.0. The number of carbonyl (C=O) groups excluding carboxylic acids is 1. The van der Waals surface area contributed by atoms with E-state index >= 15 is 0 Å². The summed E-state index contributed by atoms with van der Waals surface area (Å²) in [4.78, 5) is 11.6. The zero-order chi connectivity index (χ0) is 11.3. The zero-order valence-electron chi connectivity index (χ0n) is 8.45. The van der Waals surface area contributed by atoms with Crippen LogP contribution < -0.4 is 5.73 Å². The van der Waals surface area contributed by atoms with Crippen LogP contribution >= 0.6 is 15.9 Å². The average molecular weight is 268 g/mol. The molecule has 2 N–H and O–H groups in total. The quantitative estimate of drug-likeness (QED) is 0.833. The molecule has 3 heteroatoms. The van der Waals surface area contributed by atoms with Gasteiger partial charge in [-0.05, 0) is 24.1 Å². The summed E-state index contributed by atoms with van der Waals surface area (Å²) in [6, 6.07) is 7.25. The normalized spacial score (nSPS) is 12.1. The lowest BCUT2D eigenvalue weighted by Gasteiger charge is -2.07. The highest BCUT2D eigenvalue weighted by atomic mass is 79.9. The minimum absolute atomic E-state index is 0.0530. The van der Waals surface area contributed by atoms with Crippen LogP contribution in [0.3, 0.4) is 0 Å². The van der Waals surface area contributed by atoms with Crippen molar-refractivity contribution >= 4 is 21.7 Å². The number of halogens is 1. The smallest absolute Gasteiger partial charge is 0.154 e. The summed E-state index contributed by atoms with van der Waals surface area (Å²) in [6.07, 6.45) is 2.60. The third kappa shape index (κ3) is 3.98. The van der Waals surface area contributed by atoms with Crippen molar-refractivity contribution < 1.29 is 4.79 Å². The molecule has 1 aromatic carbocycles. The first-order valence-corrected chi connectivity index (χ1v) is 5.56. The van der Waals surface area contributed by atoms with Gasteiger partial charge in [0, 0.05) is 10.9 Å². The molecule has 0 radical (unpaired) electrons. The van der Waals surface area contributed by atoms with Crippen LogP contribution in [0.5, 0.6) is 0 Å². The maximum Gasteiger partial charge on any atom is 0.154 e. The molecule has 0 heterocycles. The molecule has 0 amide bonds. The number of carbonyl (C=O) groups is 1. The molecule has 80 valence electrons. The van der Waals surface area contributed by atoms with Gasteiger partial charge in [0.05, 0.1) is 6.04 Å². The lowest BCUT2D eigenvalue weighted by molar-refractivity contribution is -0.119. The van der Waals surface area contributed by atoms with Crippen molar-refractivity contribution in [3.63, 3.8) is 0 Å². The van der Waals surface area contributed by atoms with Gasteiger partial charge >= 0.3 is 0 Å². The summed E-state index contributed by atoms with van der Waals surface area (Å²) in [6.45, 7) is 3.56. The average Bonchev–Trinajstić information content (AvgIpc) is 2.22. The molecular weight excluding hydrogens is 254 g/mol. The largest absolute Gasteiger partial charge is 0.321 e. The van der Waals surface area contributed by atoms with Crippen LogP contribution in [0.4, 0.5) is 0 Å². The van der Waals surface area contributed by atoms with Gasteiger partial charge in [-0.25, -0.2) is 0 Å². The Morgan fingerprint density at radius 1 is 1.47 bits per heavy atom. The molecule has 1 unspecified atom stereocenters. The van der Waals surface area contributed by atoms with Crippen molar-refractivity contribution in [1.29, 1.82) is 0 Å². The monoisotopic (exact) mass is 267 g/mol. The Bertz CT molecular complexity index is 345. The van der Waals surface area contributed by atoms with Gasteiger partial charge in [0.1, 0.15) is 0 Å². The highest BCUT2D eigenvalue weighted by molar-refractivity contribution is 9.10. The molecule has 1 rings (SSSR count). The van der Waals surface area contributed by atoms with Crippen molar-refractivity contribution in [2.75, 3.05) is 0 Å². The Morgan fingerprint density at radius 2 is 2.07 bits per heavy atom. The fourth-order valence-electron chi connectivity index (χ4n) is 1.25. The third-order valence-electron chi connectivity index (χ3n) is 2.13. The van der Waals surface area contributed by atoms with Crippen LogP contribution in [0.1, 0.15) is 12.0 Å². The highest BCUT2D eigenvalue weighted by Gasteiger charge is 2.11. The fraction of sp³-hybridized carbons (Fsp3) is 0.250. The predicted molar refractivity (Wildman–Crippen MR) is 65.6 cm³/mol. The van der Waals surface area contributed by atoms with Gasteiger partial charge in [-0.15, -0.1) is 6.58 Å². The van der Waals surface area contributed by atoms with Gasteiger partial charge in [-0.2, -0.15) is 0 Å². The molecule has 1 aromatic rings. The van der Waals surface area contributed by atoms with E-state index in [0.717, 1.165) is 10.0 Å². The van der Waals surface area contributed by atoms with Crippen LogP contribution in [0.25, 0.3) is 0 Å². The van der Waals surface area contributed by atoms with E-state index < -0.39 is 6.04 Å². The first-order valence-electron chi connectivity index (χ1n) is 4.77. The third-order valence-corrected chi connectivity index (χ3v) is 2.65. The molecule has 15 heavy (non-hydrogen) atoms. The predicted octanol–water partition coefficient (Wildman–Crippen LogP) is 2.46.